The summed E-state index contributed by atoms with van der Waals surface area (Å²) in [6.45, 7) is 2.14. The lowest BCUT2D eigenvalue weighted by Crippen LogP contribution is -2.29. The first-order chi connectivity index (χ1) is 10.2. The lowest BCUT2D eigenvalue weighted by atomic mass is 9.97. The predicted octanol–water partition coefficient (Wildman–Crippen LogP) is 3.34. The normalized spacial score (nSPS) is 12.2. The Morgan fingerprint density at radius 1 is 1.19 bits per heavy atom. The molecule has 0 spiro atoms. The molecule has 0 bridgehead atoms. The van der Waals surface area contributed by atoms with Crippen LogP contribution >= 0.6 is 0 Å². The van der Waals surface area contributed by atoms with Gasteiger partial charge in [0.2, 0.25) is 0 Å². The van der Waals surface area contributed by atoms with E-state index in [4.69, 9.17) is 10.6 Å². The van der Waals surface area contributed by atoms with Gasteiger partial charge in [0.25, 0.3) is 0 Å². The molecule has 0 radical (unpaired) electrons. The summed E-state index contributed by atoms with van der Waals surface area (Å²) >= 11 is 0. The summed E-state index contributed by atoms with van der Waals surface area (Å²) in [6.07, 6.45) is 2.14. The van der Waals surface area contributed by atoms with E-state index in [1.807, 2.05) is 12.1 Å². The summed E-state index contributed by atoms with van der Waals surface area (Å²) in [5.41, 5.74) is 5.39. The van der Waals surface area contributed by atoms with Crippen molar-refractivity contribution in [2.24, 2.45) is 5.84 Å². The number of ether oxygens (including phenoxy) is 1. The Morgan fingerprint density at radius 2 is 1.90 bits per heavy atom. The van der Waals surface area contributed by atoms with E-state index in [0.717, 1.165) is 18.4 Å². The van der Waals surface area contributed by atoms with Crippen molar-refractivity contribution in [1.29, 1.82) is 0 Å². The van der Waals surface area contributed by atoms with E-state index >= 15 is 0 Å². The van der Waals surface area contributed by atoms with Gasteiger partial charge in [0.1, 0.15) is 11.6 Å². The number of nitrogens with two attached hydrogens (primary N) is 1. The van der Waals surface area contributed by atoms with E-state index in [1.165, 1.54) is 18.7 Å². The van der Waals surface area contributed by atoms with Crippen molar-refractivity contribution in [2.75, 3.05) is 7.11 Å². The first kappa shape index (κ1) is 15.5. The second-order valence-corrected chi connectivity index (χ2v) is 4.98. The van der Waals surface area contributed by atoms with Crippen molar-refractivity contribution in [3.8, 4) is 5.75 Å². The fourth-order valence-corrected chi connectivity index (χ4v) is 2.40. The molecule has 2 aromatic rings. The average molecular weight is 288 g/mol. The Morgan fingerprint density at radius 3 is 2.43 bits per heavy atom. The van der Waals surface area contributed by atoms with Gasteiger partial charge in [0.05, 0.1) is 13.2 Å². The van der Waals surface area contributed by atoms with Crippen LogP contribution in [0.1, 0.15) is 36.1 Å². The molecule has 3 N–H and O–H groups in total. The van der Waals surface area contributed by atoms with E-state index in [9.17, 15) is 4.39 Å². The Hall–Kier alpha value is -1.91. The molecule has 0 saturated heterocycles. The molecule has 1 unspecified atom stereocenters. The molecular weight excluding hydrogens is 267 g/mol. The first-order valence-electron chi connectivity index (χ1n) is 7.08. The summed E-state index contributed by atoms with van der Waals surface area (Å²) in [4.78, 5) is 0. The molecular formula is C17H21FN2O. The lowest BCUT2D eigenvalue weighted by Gasteiger charge is -2.18. The van der Waals surface area contributed by atoms with Crippen molar-refractivity contribution in [1.82, 2.24) is 5.43 Å². The molecule has 1 atom stereocenters. The zero-order valence-electron chi connectivity index (χ0n) is 12.4. The second-order valence-electron chi connectivity index (χ2n) is 4.98. The number of benzene rings is 2. The molecule has 112 valence electrons. The number of nitrogens with one attached hydrogen (secondary N) is 1. The zero-order valence-corrected chi connectivity index (χ0v) is 12.4. The standard InChI is InChI=1S/C17H21FN2O/c1-3-4-12-5-7-13(8-6-12)17(20-19)15-10-9-14(21-2)11-16(15)18/h5-11,17,20H,3-4,19H2,1-2H3. The maximum Gasteiger partial charge on any atom is 0.132 e. The number of aryl methyl sites for hydroxylation is 1. The van der Waals surface area contributed by atoms with Gasteiger partial charge in [0, 0.05) is 11.6 Å². The number of rotatable bonds is 6. The number of hydrogen-bond donors (Lipinski definition) is 2. The van der Waals surface area contributed by atoms with Crippen LogP contribution in [0.15, 0.2) is 42.5 Å². The third-order valence-electron chi connectivity index (χ3n) is 3.54. The Labute approximate surface area is 124 Å². The molecule has 0 aliphatic rings. The number of halogens is 1. The third-order valence-corrected chi connectivity index (χ3v) is 3.54. The molecule has 0 fully saturated rings. The summed E-state index contributed by atoms with van der Waals surface area (Å²) in [6, 6.07) is 12.5. The Balaban J connectivity index is 2.30. The highest BCUT2D eigenvalue weighted by atomic mass is 19.1. The van der Waals surface area contributed by atoms with Gasteiger partial charge in [-0.3, -0.25) is 5.84 Å². The highest BCUT2D eigenvalue weighted by molar-refractivity contribution is 5.37. The Bertz CT molecular complexity index is 584. The molecule has 0 saturated carbocycles. The fraction of sp³-hybridized carbons (Fsp3) is 0.294. The number of hydrogen-bond acceptors (Lipinski definition) is 3. The van der Waals surface area contributed by atoms with Crippen LogP contribution in [0.3, 0.4) is 0 Å². The number of methoxy groups -OCH3 is 1. The SMILES string of the molecule is CCCc1ccc(C(NN)c2ccc(OC)cc2F)cc1. The minimum absolute atomic E-state index is 0.338. The van der Waals surface area contributed by atoms with Crippen LogP contribution in [0, 0.1) is 5.82 Å². The average Bonchev–Trinajstić information content (AvgIpc) is 2.51. The maximum absolute atomic E-state index is 14.2. The van der Waals surface area contributed by atoms with Crippen molar-refractivity contribution < 1.29 is 9.13 Å². The summed E-state index contributed by atoms with van der Waals surface area (Å²) in [5, 5.41) is 0. The zero-order chi connectivity index (χ0) is 15.2. The smallest absolute Gasteiger partial charge is 0.132 e. The van der Waals surface area contributed by atoms with Crippen LogP contribution in [0.25, 0.3) is 0 Å². The highest BCUT2D eigenvalue weighted by Gasteiger charge is 2.17. The largest absolute Gasteiger partial charge is 0.497 e. The van der Waals surface area contributed by atoms with Crippen LogP contribution in [0.2, 0.25) is 0 Å². The van der Waals surface area contributed by atoms with Crippen molar-refractivity contribution in [2.45, 2.75) is 25.8 Å². The van der Waals surface area contributed by atoms with E-state index in [2.05, 4.69) is 24.5 Å². The molecule has 0 heterocycles. The van der Waals surface area contributed by atoms with E-state index < -0.39 is 0 Å². The molecule has 4 heteroatoms. The first-order valence-corrected chi connectivity index (χ1v) is 7.08. The summed E-state index contributed by atoms with van der Waals surface area (Å²) < 4.78 is 19.2. The van der Waals surface area contributed by atoms with Crippen LogP contribution in [-0.2, 0) is 6.42 Å². The second kappa shape index (κ2) is 7.20. The highest BCUT2D eigenvalue weighted by Crippen LogP contribution is 2.26. The van der Waals surface area contributed by atoms with Crippen LogP contribution in [0.4, 0.5) is 4.39 Å². The lowest BCUT2D eigenvalue weighted by molar-refractivity contribution is 0.410. The van der Waals surface area contributed by atoms with Gasteiger partial charge in [-0.2, -0.15) is 0 Å². The maximum atomic E-state index is 14.2. The molecule has 2 aromatic carbocycles. The van der Waals surface area contributed by atoms with Crippen molar-refractivity contribution in [3.63, 3.8) is 0 Å². The van der Waals surface area contributed by atoms with Gasteiger partial charge in [-0.1, -0.05) is 43.7 Å². The monoisotopic (exact) mass is 288 g/mol. The van der Waals surface area contributed by atoms with E-state index in [1.54, 1.807) is 12.1 Å². The molecule has 3 nitrogen and oxygen atoms in total. The molecule has 0 aliphatic heterocycles. The predicted molar refractivity (Wildman–Crippen MR) is 82.6 cm³/mol. The van der Waals surface area contributed by atoms with Crippen molar-refractivity contribution >= 4 is 0 Å². The van der Waals surface area contributed by atoms with Gasteiger partial charge < -0.3 is 4.74 Å². The molecule has 0 aromatic heterocycles. The van der Waals surface area contributed by atoms with Gasteiger partial charge in [0.15, 0.2) is 0 Å². The van der Waals surface area contributed by atoms with Gasteiger partial charge in [-0.25, -0.2) is 9.82 Å². The van der Waals surface area contributed by atoms with Gasteiger partial charge >= 0.3 is 0 Å². The van der Waals surface area contributed by atoms with E-state index in [-0.39, 0.29) is 11.9 Å². The van der Waals surface area contributed by atoms with E-state index in [0.29, 0.717) is 11.3 Å². The minimum Gasteiger partial charge on any atom is -0.497 e. The summed E-state index contributed by atoms with van der Waals surface area (Å²) in [7, 11) is 1.51. The van der Waals surface area contributed by atoms with Gasteiger partial charge in [-0.15, -0.1) is 0 Å². The molecule has 0 aliphatic carbocycles. The van der Waals surface area contributed by atoms with Crippen LogP contribution < -0.4 is 16.0 Å². The Kier molecular flexibility index (Phi) is 5.31. The third kappa shape index (κ3) is 3.60. The summed E-state index contributed by atoms with van der Waals surface area (Å²) in [5.74, 6) is 5.78. The van der Waals surface area contributed by atoms with Crippen LogP contribution in [0.5, 0.6) is 5.75 Å². The van der Waals surface area contributed by atoms with Crippen molar-refractivity contribution in [3.05, 3.63) is 65.0 Å². The molecule has 21 heavy (non-hydrogen) atoms. The van der Waals surface area contributed by atoms with Gasteiger partial charge in [-0.05, 0) is 23.6 Å². The number of hydrazine groups is 1. The minimum atomic E-state index is -0.383. The molecule has 0 amide bonds. The molecule has 2 rings (SSSR count). The fourth-order valence-electron chi connectivity index (χ4n) is 2.40. The topological polar surface area (TPSA) is 47.3 Å². The quantitative estimate of drug-likeness (QED) is 0.633. The van der Waals surface area contributed by atoms with Crippen LogP contribution in [-0.4, -0.2) is 7.11 Å².